The average Bonchev–Trinajstić information content (AvgIpc) is 2.75. The van der Waals surface area contributed by atoms with Crippen molar-refractivity contribution in [2.75, 3.05) is 5.73 Å². The molecule has 0 spiro atoms. The van der Waals surface area contributed by atoms with Gasteiger partial charge in [-0.3, -0.25) is 0 Å². The van der Waals surface area contributed by atoms with E-state index in [1.165, 1.54) is 0 Å². The number of anilines is 1. The molecule has 0 amide bonds. The fourth-order valence-electron chi connectivity index (χ4n) is 1.87. The Labute approximate surface area is 113 Å². The Morgan fingerprint density at radius 1 is 1.22 bits per heavy atom. The molecular weight excluding hydrogens is 292 g/mol. The van der Waals surface area contributed by atoms with Crippen molar-refractivity contribution >= 4 is 32.7 Å². The Hall–Kier alpha value is -1.81. The van der Waals surface area contributed by atoms with E-state index in [9.17, 15) is 0 Å². The Balaban J connectivity index is 2.22. The number of benzene rings is 2. The summed E-state index contributed by atoms with van der Waals surface area (Å²) in [6.07, 6.45) is 0. The van der Waals surface area contributed by atoms with Gasteiger partial charge in [0, 0.05) is 4.47 Å². The zero-order chi connectivity index (χ0) is 12.7. The molecular formula is C14H11BrN2O. The third kappa shape index (κ3) is 1.78. The van der Waals surface area contributed by atoms with Crippen LogP contribution in [0, 0.1) is 6.92 Å². The van der Waals surface area contributed by atoms with Gasteiger partial charge in [0.15, 0.2) is 5.58 Å². The van der Waals surface area contributed by atoms with Crippen LogP contribution >= 0.6 is 15.9 Å². The van der Waals surface area contributed by atoms with Gasteiger partial charge in [0.1, 0.15) is 5.52 Å². The lowest BCUT2D eigenvalue weighted by Crippen LogP contribution is -1.91. The molecule has 0 aliphatic heterocycles. The maximum atomic E-state index is 6.02. The second-order valence-electron chi connectivity index (χ2n) is 4.19. The molecule has 0 aliphatic carbocycles. The lowest BCUT2D eigenvalue weighted by Gasteiger charge is -2.02. The number of hydrogen-bond acceptors (Lipinski definition) is 3. The van der Waals surface area contributed by atoms with Crippen LogP contribution in [0.3, 0.4) is 0 Å². The first-order chi connectivity index (χ1) is 8.65. The van der Waals surface area contributed by atoms with Crippen molar-refractivity contribution in [2.24, 2.45) is 0 Å². The van der Waals surface area contributed by atoms with Crippen molar-refractivity contribution in [3.63, 3.8) is 0 Å². The molecule has 3 rings (SSSR count). The van der Waals surface area contributed by atoms with Crippen LogP contribution in [0.15, 0.2) is 45.3 Å². The minimum absolute atomic E-state index is 0.550. The molecule has 90 valence electrons. The summed E-state index contributed by atoms with van der Waals surface area (Å²) < 4.78 is 6.60. The number of rotatable bonds is 1. The molecule has 0 fully saturated rings. The molecule has 0 radical (unpaired) electrons. The number of halogens is 1. The van der Waals surface area contributed by atoms with Gasteiger partial charge < -0.3 is 10.2 Å². The summed E-state index contributed by atoms with van der Waals surface area (Å²) in [6, 6.07) is 11.6. The summed E-state index contributed by atoms with van der Waals surface area (Å²) in [5.41, 5.74) is 10.2. The molecule has 1 heterocycles. The number of nitrogens with two attached hydrogens (primary N) is 1. The van der Waals surface area contributed by atoms with Crippen molar-refractivity contribution < 1.29 is 4.42 Å². The van der Waals surface area contributed by atoms with Crippen LogP contribution in [0.2, 0.25) is 0 Å². The maximum Gasteiger partial charge on any atom is 0.229 e. The quantitative estimate of drug-likeness (QED) is 0.687. The second kappa shape index (κ2) is 4.14. The van der Waals surface area contributed by atoms with E-state index in [0.29, 0.717) is 11.6 Å². The third-order valence-corrected chi connectivity index (χ3v) is 3.52. The highest BCUT2D eigenvalue weighted by Crippen LogP contribution is 2.33. The van der Waals surface area contributed by atoms with Crippen molar-refractivity contribution in [1.29, 1.82) is 0 Å². The third-order valence-electron chi connectivity index (χ3n) is 2.83. The molecule has 0 unspecified atom stereocenters. The first-order valence-electron chi connectivity index (χ1n) is 5.57. The summed E-state index contributed by atoms with van der Waals surface area (Å²) in [7, 11) is 0. The number of fused-ring (bicyclic) bond motifs is 1. The molecule has 0 saturated heterocycles. The minimum atomic E-state index is 0.550. The number of aromatic nitrogens is 1. The van der Waals surface area contributed by atoms with Gasteiger partial charge >= 0.3 is 0 Å². The van der Waals surface area contributed by atoms with E-state index >= 15 is 0 Å². The van der Waals surface area contributed by atoms with E-state index in [2.05, 4.69) is 20.9 Å². The van der Waals surface area contributed by atoms with E-state index in [4.69, 9.17) is 10.2 Å². The normalized spacial score (nSPS) is 11.0. The predicted molar refractivity (Wildman–Crippen MR) is 76.3 cm³/mol. The van der Waals surface area contributed by atoms with Crippen molar-refractivity contribution in [2.45, 2.75) is 6.92 Å². The fourth-order valence-corrected chi connectivity index (χ4v) is 2.24. The van der Waals surface area contributed by atoms with E-state index in [-0.39, 0.29) is 0 Å². The first-order valence-corrected chi connectivity index (χ1v) is 6.36. The summed E-state index contributed by atoms with van der Waals surface area (Å²) >= 11 is 3.40. The van der Waals surface area contributed by atoms with E-state index in [0.717, 1.165) is 26.7 Å². The van der Waals surface area contributed by atoms with Crippen molar-refractivity contribution in [3.05, 3.63) is 46.4 Å². The van der Waals surface area contributed by atoms with Crippen LogP contribution in [0.5, 0.6) is 0 Å². The van der Waals surface area contributed by atoms with Crippen molar-refractivity contribution in [3.8, 4) is 11.5 Å². The van der Waals surface area contributed by atoms with Crippen LogP contribution in [-0.4, -0.2) is 4.98 Å². The predicted octanol–water partition coefficient (Wildman–Crippen LogP) is 4.15. The summed E-state index contributed by atoms with van der Waals surface area (Å²) in [6.45, 7) is 2.02. The molecule has 0 aliphatic rings. The van der Waals surface area contributed by atoms with Crippen LogP contribution in [-0.2, 0) is 0 Å². The van der Waals surface area contributed by atoms with Gasteiger partial charge in [0.2, 0.25) is 5.89 Å². The van der Waals surface area contributed by atoms with Gasteiger partial charge in [0.25, 0.3) is 0 Å². The van der Waals surface area contributed by atoms with Crippen molar-refractivity contribution in [1.82, 2.24) is 4.98 Å². The van der Waals surface area contributed by atoms with Gasteiger partial charge in [-0.05, 0) is 52.7 Å². The molecule has 1 aromatic heterocycles. The Morgan fingerprint density at radius 3 is 2.89 bits per heavy atom. The van der Waals surface area contributed by atoms with Gasteiger partial charge in [-0.15, -0.1) is 0 Å². The van der Waals surface area contributed by atoms with Gasteiger partial charge in [0.05, 0.1) is 11.3 Å². The number of nitrogen functional groups attached to an aromatic ring is 1. The monoisotopic (exact) mass is 302 g/mol. The van der Waals surface area contributed by atoms with E-state index < -0.39 is 0 Å². The molecule has 0 saturated carbocycles. The smallest absolute Gasteiger partial charge is 0.229 e. The highest BCUT2D eigenvalue weighted by molar-refractivity contribution is 9.10. The number of nitrogens with zero attached hydrogens (tertiary/aromatic N) is 1. The fraction of sp³-hybridized carbons (Fsp3) is 0.0714. The van der Waals surface area contributed by atoms with E-state index in [1.54, 1.807) is 0 Å². The lowest BCUT2D eigenvalue weighted by atomic mass is 10.2. The molecule has 18 heavy (non-hydrogen) atoms. The van der Waals surface area contributed by atoms with Crippen LogP contribution in [0.25, 0.3) is 22.6 Å². The number of para-hydroxylation sites is 1. The Bertz CT molecular complexity index is 734. The van der Waals surface area contributed by atoms with Gasteiger partial charge in [-0.25, -0.2) is 4.98 Å². The minimum Gasteiger partial charge on any atom is -0.436 e. The zero-order valence-electron chi connectivity index (χ0n) is 9.77. The van der Waals surface area contributed by atoms with Gasteiger partial charge in [-0.1, -0.05) is 12.1 Å². The lowest BCUT2D eigenvalue weighted by molar-refractivity contribution is 0.620. The summed E-state index contributed by atoms with van der Waals surface area (Å²) in [5, 5.41) is 0. The highest BCUT2D eigenvalue weighted by Gasteiger charge is 2.12. The molecule has 0 atom stereocenters. The van der Waals surface area contributed by atoms with Crippen LogP contribution in [0.4, 0.5) is 5.69 Å². The number of aryl methyl sites for hydroxylation is 1. The molecule has 2 N–H and O–H groups in total. The zero-order valence-corrected chi connectivity index (χ0v) is 11.4. The molecule has 4 heteroatoms. The molecule has 3 aromatic rings. The standard InChI is InChI=1S/C14H11BrN2O/c1-8-5-6-11-12(7-8)18-14(17-11)9-3-2-4-10(15)13(9)16/h2-7H,16H2,1H3. The largest absolute Gasteiger partial charge is 0.436 e. The SMILES string of the molecule is Cc1ccc2nc(-c3cccc(Br)c3N)oc2c1. The van der Waals surface area contributed by atoms with Gasteiger partial charge in [-0.2, -0.15) is 0 Å². The maximum absolute atomic E-state index is 6.02. The van der Waals surface area contributed by atoms with Crippen LogP contribution < -0.4 is 5.73 Å². The topological polar surface area (TPSA) is 52.0 Å². The summed E-state index contributed by atoms with van der Waals surface area (Å²) in [5.74, 6) is 0.550. The molecule has 0 bridgehead atoms. The Kier molecular flexibility index (Phi) is 2.59. The van der Waals surface area contributed by atoms with Crippen LogP contribution in [0.1, 0.15) is 5.56 Å². The Morgan fingerprint density at radius 2 is 2.06 bits per heavy atom. The second-order valence-corrected chi connectivity index (χ2v) is 5.05. The molecule has 3 nitrogen and oxygen atoms in total. The number of hydrogen-bond donors (Lipinski definition) is 1. The number of oxazole rings is 1. The average molecular weight is 303 g/mol. The summed E-state index contributed by atoms with van der Waals surface area (Å²) in [4.78, 5) is 4.46. The first kappa shape index (κ1) is 11.3. The molecule has 2 aromatic carbocycles. The van der Waals surface area contributed by atoms with E-state index in [1.807, 2.05) is 43.3 Å². The highest BCUT2D eigenvalue weighted by atomic mass is 79.9.